The maximum Gasteiger partial charge on any atom is 0.238 e. The molecular weight excluding hydrogens is 372 g/mol. The highest BCUT2D eigenvalue weighted by atomic mass is 35.5. The molecule has 26 heavy (non-hydrogen) atoms. The summed E-state index contributed by atoms with van der Waals surface area (Å²) < 4.78 is 0. The van der Waals surface area contributed by atoms with E-state index in [1.807, 2.05) is 30.5 Å². The Morgan fingerprint density at radius 2 is 2.04 bits per heavy atom. The normalized spacial score (nSPS) is 10.4. The van der Waals surface area contributed by atoms with Gasteiger partial charge in [-0.15, -0.1) is 11.3 Å². The molecule has 0 unspecified atom stereocenters. The van der Waals surface area contributed by atoms with Crippen molar-refractivity contribution in [3.8, 4) is 6.07 Å². The zero-order valence-corrected chi connectivity index (χ0v) is 15.9. The van der Waals surface area contributed by atoms with Gasteiger partial charge in [-0.05, 0) is 36.2 Å². The van der Waals surface area contributed by atoms with Crippen LogP contribution >= 0.6 is 22.9 Å². The number of benzene rings is 1. The molecule has 2 N–H and O–H groups in total. The lowest BCUT2D eigenvalue weighted by atomic mass is 10.2. The summed E-state index contributed by atoms with van der Waals surface area (Å²) in [7, 11) is 0. The number of hydrogen-bond donors (Lipinski definition) is 2. The number of carbonyl (C=O) groups is 2. The third-order valence-corrected chi connectivity index (χ3v) is 4.78. The van der Waals surface area contributed by atoms with E-state index in [1.54, 1.807) is 28.4 Å². The number of likely N-dealkylation sites (N-methyl/N-ethyl adjacent to an activating group) is 1. The van der Waals surface area contributed by atoms with Crippen molar-refractivity contribution in [3.05, 3.63) is 51.2 Å². The van der Waals surface area contributed by atoms with Gasteiger partial charge in [0.15, 0.2) is 0 Å². The predicted octanol–water partition coefficient (Wildman–Crippen LogP) is 2.85. The molecule has 0 aliphatic carbocycles. The molecule has 0 aliphatic heterocycles. The Morgan fingerprint density at radius 1 is 1.27 bits per heavy atom. The van der Waals surface area contributed by atoms with Gasteiger partial charge in [0.1, 0.15) is 6.07 Å². The van der Waals surface area contributed by atoms with Gasteiger partial charge >= 0.3 is 0 Å². The lowest BCUT2D eigenvalue weighted by Crippen LogP contribution is -2.40. The number of thiophene rings is 1. The Bertz CT molecular complexity index is 802. The van der Waals surface area contributed by atoms with Crippen LogP contribution in [0.25, 0.3) is 0 Å². The van der Waals surface area contributed by atoms with Crippen molar-refractivity contribution in [2.75, 3.05) is 25.0 Å². The molecule has 6 nitrogen and oxygen atoms in total. The smallest absolute Gasteiger partial charge is 0.238 e. The highest BCUT2D eigenvalue weighted by molar-refractivity contribution is 7.09. The van der Waals surface area contributed by atoms with Crippen molar-refractivity contribution < 1.29 is 9.59 Å². The van der Waals surface area contributed by atoms with Crippen LogP contribution in [0.15, 0.2) is 35.7 Å². The topological polar surface area (TPSA) is 85.2 Å². The van der Waals surface area contributed by atoms with Crippen molar-refractivity contribution >= 4 is 40.4 Å². The lowest BCUT2D eigenvalue weighted by Gasteiger charge is -2.19. The molecule has 0 atom stereocenters. The number of carbonyl (C=O) groups excluding carboxylic acids is 2. The van der Waals surface area contributed by atoms with Crippen LogP contribution in [0.1, 0.15) is 17.4 Å². The van der Waals surface area contributed by atoms with Gasteiger partial charge in [-0.3, -0.25) is 14.5 Å². The zero-order valence-electron chi connectivity index (χ0n) is 14.3. The van der Waals surface area contributed by atoms with Crippen LogP contribution < -0.4 is 10.6 Å². The Hall–Kier alpha value is -2.40. The van der Waals surface area contributed by atoms with E-state index in [1.165, 1.54) is 6.07 Å². The number of anilines is 1. The number of amides is 2. The fourth-order valence-electron chi connectivity index (χ4n) is 2.22. The second kappa shape index (κ2) is 9.92. The molecule has 0 radical (unpaired) electrons. The Balaban J connectivity index is 1.82. The standard InChI is InChI=1S/C18H19ClN4O2S/c1-2-23(11-17(24)21-10-15-4-3-7-26-15)12-18(25)22-14-6-5-13(9-20)16(19)8-14/h3-8H,2,10-12H2,1H3,(H,21,24)(H,22,25). The third-order valence-electron chi connectivity index (χ3n) is 3.59. The molecule has 1 aromatic carbocycles. The van der Waals surface area contributed by atoms with Gasteiger partial charge in [0, 0.05) is 10.6 Å². The summed E-state index contributed by atoms with van der Waals surface area (Å²) in [5, 5.41) is 16.7. The molecular formula is C18H19ClN4O2S. The monoisotopic (exact) mass is 390 g/mol. The van der Waals surface area contributed by atoms with E-state index in [4.69, 9.17) is 16.9 Å². The Kier molecular flexibility index (Phi) is 7.60. The van der Waals surface area contributed by atoms with Crippen LogP contribution in [0, 0.1) is 11.3 Å². The first-order valence-corrected chi connectivity index (χ1v) is 9.28. The summed E-state index contributed by atoms with van der Waals surface area (Å²) in [4.78, 5) is 27.0. The molecule has 0 aliphatic rings. The summed E-state index contributed by atoms with van der Waals surface area (Å²) in [5.74, 6) is -0.381. The average molecular weight is 391 g/mol. The SMILES string of the molecule is CCN(CC(=O)NCc1cccs1)CC(=O)Nc1ccc(C#N)c(Cl)c1. The fraction of sp³-hybridized carbons (Fsp3) is 0.278. The summed E-state index contributed by atoms with van der Waals surface area (Å²) in [6.07, 6.45) is 0. The van der Waals surface area contributed by atoms with Gasteiger partial charge in [-0.2, -0.15) is 5.26 Å². The average Bonchev–Trinajstić information content (AvgIpc) is 3.13. The Morgan fingerprint density at radius 3 is 2.65 bits per heavy atom. The zero-order chi connectivity index (χ0) is 18.9. The number of nitrogens with one attached hydrogen (secondary N) is 2. The minimum Gasteiger partial charge on any atom is -0.350 e. The molecule has 2 rings (SSSR count). The summed E-state index contributed by atoms with van der Waals surface area (Å²) >= 11 is 7.54. The first-order valence-electron chi connectivity index (χ1n) is 8.02. The van der Waals surface area contributed by atoms with Crippen molar-refractivity contribution in [1.82, 2.24) is 10.2 Å². The quantitative estimate of drug-likeness (QED) is 0.725. The van der Waals surface area contributed by atoms with E-state index < -0.39 is 0 Å². The minimum absolute atomic E-state index is 0.0839. The molecule has 1 aromatic heterocycles. The Labute approximate surface area is 161 Å². The van der Waals surface area contributed by atoms with Crippen molar-refractivity contribution in [1.29, 1.82) is 5.26 Å². The highest BCUT2D eigenvalue weighted by Gasteiger charge is 2.14. The van der Waals surface area contributed by atoms with Crippen molar-refractivity contribution in [2.45, 2.75) is 13.5 Å². The highest BCUT2D eigenvalue weighted by Crippen LogP contribution is 2.20. The molecule has 0 spiro atoms. The van der Waals surface area contributed by atoms with Crippen LogP contribution in [0.2, 0.25) is 5.02 Å². The molecule has 2 aromatic rings. The molecule has 1 heterocycles. The second-order valence-corrected chi connectivity index (χ2v) is 6.95. The van der Waals surface area contributed by atoms with E-state index in [-0.39, 0.29) is 29.9 Å². The molecule has 0 bridgehead atoms. The summed E-state index contributed by atoms with van der Waals surface area (Å²) in [6, 6.07) is 10.6. The molecule has 136 valence electrons. The van der Waals surface area contributed by atoms with Gasteiger partial charge in [-0.1, -0.05) is 24.6 Å². The first-order chi connectivity index (χ1) is 12.5. The molecule has 8 heteroatoms. The first kappa shape index (κ1) is 19.9. The van der Waals surface area contributed by atoms with E-state index >= 15 is 0 Å². The predicted molar refractivity (Wildman–Crippen MR) is 103 cm³/mol. The van der Waals surface area contributed by atoms with Crippen LogP contribution in [-0.4, -0.2) is 36.3 Å². The van der Waals surface area contributed by atoms with E-state index in [0.717, 1.165) is 4.88 Å². The molecule has 0 saturated carbocycles. The fourth-order valence-corrected chi connectivity index (χ4v) is 3.09. The number of nitrogens with zero attached hydrogens (tertiary/aromatic N) is 2. The van der Waals surface area contributed by atoms with Gasteiger partial charge in [0.2, 0.25) is 11.8 Å². The second-order valence-electron chi connectivity index (χ2n) is 5.51. The third kappa shape index (κ3) is 6.15. The largest absolute Gasteiger partial charge is 0.350 e. The summed E-state index contributed by atoms with van der Waals surface area (Å²) in [5.41, 5.74) is 0.861. The van der Waals surface area contributed by atoms with Crippen molar-refractivity contribution in [2.24, 2.45) is 0 Å². The van der Waals surface area contributed by atoms with Crippen molar-refractivity contribution in [3.63, 3.8) is 0 Å². The van der Waals surface area contributed by atoms with Gasteiger partial charge in [0.05, 0.1) is 30.2 Å². The minimum atomic E-state index is -0.251. The van der Waals surface area contributed by atoms with Crippen LogP contribution in [0.4, 0.5) is 5.69 Å². The molecule has 0 saturated heterocycles. The number of halogens is 1. The van der Waals surface area contributed by atoms with Crippen LogP contribution in [0.5, 0.6) is 0 Å². The number of hydrogen-bond acceptors (Lipinski definition) is 5. The molecule has 0 fully saturated rings. The molecule has 2 amide bonds. The number of rotatable bonds is 8. The van der Waals surface area contributed by atoms with E-state index in [2.05, 4.69) is 10.6 Å². The van der Waals surface area contributed by atoms with Crippen LogP contribution in [-0.2, 0) is 16.1 Å². The maximum absolute atomic E-state index is 12.2. The number of nitriles is 1. The van der Waals surface area contributed by atoms with Gasteiger partial charge < -0.3 is 10.6 Å². The van der Waals surface area contributed by atoms with E-state index in [9.17, 15) is 9.59 Å². The maximum atomic E-state index is 12.2. The lowest BCUT2D eigenvalue weighted by molar-refractivity contribution is -0.123. The van der Waals surface area contributed by atoms with E-state index in [0.29, 0.717) is 24.3 Å². The van der Waals surface area contributed by atoms with Gasteiger partial charge in [0.25, 0.3) is 0 Å². The van der Waals surface area contributed by atoms with Gasteiger partial charge in [-0.25, -0.2) is 0 Å². The summed E-state index contributed by atoms with van der Waals surface area (Å²) in [6.45, 7) is 3.17. The van der Waals surface area contributed by atoms with Crippen LogP contribution in [0.3, 0.4) is 0 Å².